The third-order valence-electron chi connectivity index (χ3n) is 2.89. The second-order valence-corrected chi connectivity index (χ2v) is 4.48. The van der Waals surface area contributed by atoms with Crippen LogP contribution in [-0.2, 0) is 0 Å². The normalized spacial score (nSPS) is 10.3. The minimum Gasteiger partial charge on any atom is -0.492 e. The second-order valence-electron chi connectivity index (χ2n) is 4.48. The molecule has 0 spiro atoms. The molecule has 0 unspecified atom stereocenters. The van der Waals surface area contributed by atoms with E-state index in [0.29, 0.717) is 6.61 Å². The predicted molar refractivity (Wildman–Crippen MR) is 79.9 cm³/mol. The van der Waals surface area contributed by atoms with Crippen molar-refractivity contribution in [3.05, 3.63) is 30.4 Å². The molecule has 20 heavy (non-hydrogen) atoms. The SMILES string of the molecule is CCCOc1cncc(-c2ncnc(NCC)c2C)c1. The number of anilines is 1. The Morgan fingerprint density at radius 2 is 2.05 bits per heavy atom. The number of ether oxygens (including phenoxy) is 1. The lowest BCUT2D eigenvalue weighted by Gasteiger charge is -2.11. The van der Waals surface area contributed by atoms with Gasteiger partial charge in [-0.2, -0.15) is 0 Å². The summed E-state index contributed by atoms with van der Waals surface area (Å²) in [5.74, 6) is 1.63. The largest absolute Gasteiger partial charge is 0.492 e. The van der Waals surface area contributed by atoms with E-state index in [1.54, 1.807) is 18.7 Å². The fraction of sp³-hybridized carbons (Fsp3) is 0.400. The summed E-state index contributed by atoms with van der Waals surface area (Å²) in [4.78, 5) is 12.8. The minimum atomic E-state index is 0.691. The molecule has 0 fully saturated rings. The van der Waals surface area contributed by atoms with Gasteiger partial charge in [0.2, 0.25) is 0 Å². The van der Waals surface area contributed by atoms with Crippen LogP contribution >= 0.6 is 0 Å². The van der Waals surface area contributed by atoms with Crippen molar-refractivity contribution in [3.63, 3.8) is 0 Å². The van der Waals surface area contributed by atoms with Crippen LogP contribution in [0.4, 0.5) is 5.82 Å². The molecule has 0 bridgehead atoms. The molecule has 106 valence electrons. The average molecular weight is 272 g/mol. The van der Waals surface area contributed by atoms with Gasteiger partial charge in [0.05, 0.1) is 18.5 Å². The minimum absolute atomic E-state index is 0.691. The van der Waals surface area contributed by atoms with Gasteiger partial charge in [0.25, 0.3) is 0 Å². The summed E-state index contributed by atoms with van der Waals surface area (Å²) in [6.45, 7) is 7.65. The second kappa shape index (κ2) is 6.84. The zero-order valence-corrected chi connectivity index (χ0v) is 12.2. The van der Waals surface area contributed by atoms with Crippen LogP contribution in [0.25, 0.3) is 11.3 Å². The van der Waals surface area contributed by atoms with E-state index in [-0.39, 0.29) is 0 Å². The highest BCUT2D eigenvalue weighted by Crippen LogP contribution is 2.26. The molecule has 2 aromatic heterocycles. The van der Waals surface area contributed by atoms with Crippen molar-refractivity contribution >= 4 is 5.82 Å². The van der Waals surface area contributed by atoms with Gasteiger partial charge in [0, 0.05) is 23.9 Å². The molecule has 0 atom stereocenters. The Labute approximate surface area is 119 Å². The molecule has 0 amide bonds. The Kier molecular flexibility index (Phi) is 4.87. The number of rotatable bonds is 6. The Morgan fingerprint density at radius 3 is 2.80 bits per heavy atom. The first-order valence-electron chi connectivity index (χ1n) is 6.90. The maximum absolute atomic E-state index is 5.61. The molecule has 0 saturated carbocycles. The van der Waals surface area contributed by atoms with Gasteiger partial charge < -0.3 is 10.1 Å². The van der Waals surface area contributed by atoms with Crippen molar-refractivity contribution in [2.24, 2.45) is 0 Å². The molecule has 1 N–H and O–H groups in total. The van der Waals surface area contributed by atoms with E-state index in [2.05, 4.69) is 27.2 Å². The van der Waals surface area contributed by atoms with Gasteiger partial charge in [-0.25, -0.2) is 9.97 Å². The van der Waals surface area contributed by atoms with Gasteiger partial charge in [-0.05, 0) is 26.3 Å². The molecule has 0 aliphatic heterocycles. The third kappa shape index (κ3) is 3.23. The Morgan fingerprint density at radius 1 is 1.20 bits per heavy atom. The van der Waals surface area contributed by atoms with Crippen LogP contribution in [0, 0.1) is 6.92 Å². The summed E-state index contributed by atoms with van der Waals surface area (Å²) < 4.78 is 5.61. The van der Waals surface area contributed by atoms with Gasteiger partial charge in [-0.1, -0.05) is 6.92 Å². The number of pyridine rings is 1. The van der Waals surface area contributed by atoms with Crippen molar-refractivity contribution in [1.82, 2.24) is 15.0 Å². The quantitative estimate of drug-likeness (QED) is 0.875. The molecular weight excluding hydrogens is 252 g/mol. The van der Waals surface area contributed by atoms with Crippen molar-refractivity contribution < 1.29 is 4.74 Å². The number of hydrogen-bond acceptors (Lipinski definition) is 5. The molecule has 5 heteroatoms. The molecule has 5 nitrogen and oxygen atoms in total. The molecule has 0 aromatic carbocycles. The zero-order chi connectivity index (χ0) is 14.4. The van der Waals surface area contributed by atoms with Crippen molar-refractivity contribution in [2.45, 2.75) is 27.2 Å². The summed E-state index contributed by atoms with van der Waals surface area (Å²) in [7, 11) is 0. The summed E-state index contributed by atoms with van der Waals surface area (Å²) in [5.41, 5.74) is 2.84. The van der Waals surface area contributed by atoms with Crippen LogP contribution in [0.5, 0.6) is 5.75 Å². The highest BCUT2D eigenvalue weighted by Gasteiger charge is 2.09. The molecule has 2 heterocycles. The van der Waals surface area contributed by atoms with E-state index < -0.39 is 0 Å². The van der Waals surface area contributed by atoms with Crippen LogP contribution < -0.4 is 10.1 Å². The van der Waals surface area contributed by atoms with Crippen LogP contribution in [-0.4, -0.2) is 28.1 Å². The Balaban J connectivity index is 2.33. The molecule has 2 aromatic rings. The van der Waals surface area contributed by atoms with Gasteiger partial charge in [0.15, 0.2) is 0 Å². The highest BCUT2D eigenvalue weighted by atomic mass is 16.5. The van der Waals surface area contributed by atoms with Gasteiger partial charge in [0.1, 0.15) is 17.9 Å². The van der Waals surface area contributed by atoms with E-state index in [1.807, 2.05) is 19.9 Å². The van der Waals surface area contributed by atoms with E-state index in [0.717, 1.165) is 41.4 Å². The number of nitrogens with zero attached hydrogens (tertiary/aromatic N) is 3. The van der Waals surface area contributed by atoms with Crippen LogP contribution in [0.2, 0.25) is 0 Å². The summed E-state index contributed by atoms with van der Waals surface area (Å²) in [6.07, 6.45) is 6.06. The molecule has 0 aliphatic rings. The van der Waals surface area contributed by atoms with Crippen LogP contribution in [0.1, 0.15) is 25.8 Å². The topological polar surface area (TPSA) is 59.9 Å². The van der Waals surface area contributed by atoms with Gasteiger partial charge in [-0.3, -0.25) is 4.98 Å². The first kappa shape index (κ1) is 14.2. The van der Waals surface area contributed by atoms with E-state index in [1.165, 1.54) is 0 Å². The number of nitrogens with one attached hydrogen (secondary N) is 1. The van der Waals surface area contributed by atoms with Gasteiger partial charge >= 0.3 is 0 Å². The fourth-order valence-corrected chi connectivity index (χ4v) is 1.93. The average Bonchev–Trinajstić information content (AvgIpc) is 2.48. The third-order valence-corrected chi connectivity index (χ3v) is 2.89. The Bertz CT molecular complexity index is 572. The summed E-state index contributed by atoms with van der Waals surface area (Å²) >= 11 is 0. The molecule has 2 rings (SSSR count). The Hall–Kier alpha value is -2.17. The van der Waals surface area contributed by atoms with E-state index >= 15 is 0 Å². The van der Waals surface area contributed by atoms with Crippen molar-refractivity contribution in [2.75, 3.05) is 18.5 Å². The molecule has 0 saturated heterocycles. The maximum atomic E-state index is 5.61. The van der Waals surface area contributed by atoms with Gasteiger partial charge in [-0.15, -0.1) is 0 Å². The fourth-order valence-electron chi connectivity index (χ4n) is 1.93. The van der Waals surface area contributed by atoms with Crippen molar-refractivity contribution in [3.8, 4) is 17.0 Å². The van der Waals surface area contributed by atoms with Crippen LogP contribution in [0.15, 0.2) is 24.8 Å². The monoisotopic (exact) mass is 272 g/mol. The van der Waals surface area contributed by atoms with E-state index in [9.17, 15) is 0 Å². The number of hydrogen-bond donors (Lipinski definition) is 1. The summed E-state index contributed by atoms with van der Waals surface area (Å²) in [6, 6.07) is 1.97. The lowest BCUT2D eigenvalue weighted by Crippen LogP contribution is -2.04. The molecule has 0 aliphatic carbocycles. The highest BCUT2D eigenvalue weighted by molar-refractivity contribution is 5.68. The molecule has 0 radical (unpaired) electrons. The van der Waals surface area contributed by atoms with E-state index in [4.69, 9.17) is 4.74 Å². The predicted octanol–water partition coefficient (Wildman–Crippen LogP) is 3.07. The number of aromatic nitrogens is 3. The maximum Gasteiger partial charge on any atom is 0.138 e. The van der Waals surface area contributed by atoms with Crippen molar-refractivity contribution in [1.29, 1.82) is 0 Å². The zero-order valence-electron chi connectivity index (χ0n) is 12.2. The first-order valence-corrected chi connectivity index (χ1v) is 6.90. The lowest BCUT2D eigenvalue weighted by atomic mass is 10.1. The molecular formula is C15H20N4O. The summed E-state index contributed by atoms with van der Waals surface area (Å²) in [5, 5.41) is 3.23. The smallest absolute Gasteiger partial charge is 0.138 e. The standard InChI is InChI=1S/C15H20N4O/c1-4-6-20-13-7-12(8-16-9-13)14-11(3)15(17-5-2)19-10-18-14/h7-10H,4-6H2,1-3H3,(H,17,18,19). The first-order chi connectivity index (χ1) is 9.76. The van der Waals surface area contributed by atoms with Crippen LogP contribution in [0.3, 0.4) is 0 Å². The lowest BCUT2D eigenvalue weighted by molar-refractivity contribution is 0.316.